The zero-order valence-electron chi connectivity index (χ0n) is 17.2. The van der Waals surface area contributed by atoms with Crippen molar-refractivity contribution < 1.29 is 9.32 Å². The number of piperidine rings is 1. The maximum absolute atomic E-state index is 13.0. The van der Waals surface area contributed by atoms with Crippen molar-refractivity contribution in [3.05, 3.63) is 70.6 Å². The minimum absolute atomic E-state index is 0.0556. The molecule has 0 unspecified atom stereocenters. The molecule has 0 bridgehead atoms. The molecule has 0 radical (unpaired) electrons. The van der Waals surface area contributed by atoms with Gasteiger partial charge in [-0.05, 0) is 67.6 Å². The second kappa shape index (κ2) is 9.43. The summed E-state index contributed by atoms with van der Waals surface area (Å²) in [5.74, 6) is 1.26. The summed E-state index contributed by atoms with van der Waals surface area (Å²) in [6.45, 7) is 3.54. The van der Waals surface area contributed by atoms with E-state index in [-0.39, 0.29) is 11.8 Å². The highest BCUT2D eigenvalue weighted by atomic mass is 35.5. The Balaban J connectivity index is 1.43. The summed E-state index contributed by atoms with van der Waals surface area (Å²) in [6.07, 6.45) is 5.25. The third-order valence-corrected chi connectivity index (χ3v) is 5.87. The molecule has 1 aliphatic heterocycles. The van der Waals surface area contributed by atoms with Gasteiger partial charge in [-0.25, -0.2) is 0 Å². The molecule has 1 aromatic heterocycles. The van der Waals surface area contributed by atoms with Crippen molar-refractivity contribution in [1.82, 2.24) is 15.0 Å². The summed E-state index contributed by atoms with van der Waals surface area (Å²) in [5.41, 5.74) is 2.88. The van der Waals surface area contributed by atoms with Crippen LogP contribution in [-0.4, -0.2) is 34.0 Å². The second-order valence-corrected chi connectivity index (χ2v) is 8.29. The Morgan fingerprint density at radius 1 is 1.17 bits per heavy atom. The van der Waals surface area contributed by atoms with E-state index in [2.05, 4.69) is 29.2 Å². The average Bonchev–Trinajstić information content (AvgIpc) is 3.28. The van der Waals surface area contributed by atoms with Gasteiger partial charge in [0.2, 0.25) is 11.7 Å². The number of amides is 1. The topological polar surface area (TPSA) is 59.2 Å². The molecule has 0 saturated carbocycles. The fraction of sp³-hybridized carbons (Fsp3) is 0.375. The van der Waals surface area contributed by atoms with E-state index >= 15 is 0 Å². The highest BCUT2D eigenvalue weighted by molar-refractivity contribution is 6.30. The van der Waals surface area contributed by atoms with Crippen LogP contribution in [0.1, 0.15) is 60.3 Å². The smallest absolute Gasteiger partial charge is 0.253 e. The number of likely N-dealkylation sites (tertiary alicyclic amines) is 1. The number of carbonyl (C=O) groups is 1. The fourth-order valence-corrected chi connectivity index (χ4v) is 3.98. The van der Waals surface area contributed by atoms with E-state index in [9.17, 15) is 4.79 Å². The highest BCUT2D eigenvalue weighted by Crippen LogP contribution is 2.28. The molecule has 30 heavy (non-hydrogen) atoms. The van der Waals surface area contributed by atoms with Crippen molar-refractivity contribution in [3.8, 4) is 11.4 Å². The van der Waals surface area contributed by atoms with E-state index in [1.807, 2.05) is 41.3 Å². The van der Waals surface area contributed by atoms with Crippen molar-refractivity contribution in [1.29, 1.82) is 0 Å². The van der Waals surface area contributed by atoms with Gasteiger partial charge in [0.15, 0.2) is 0 Å². The van der Waals surface area contributed by atoms with Crippen LogP contribution in [0, 0.1) is 0 Å². The minimum Gasteiger partial charge on any atom is -0.339 e. The Morgan fingerprint density at radius 3 is 2.67 bits per heavy atom. The van der Waals surface area contributed by atoms with Crippen molar-refractivity contribution in [2.24, 2.45) is 0 Å². The first-order valence-corrected chi connectivity index (χ1v) is 11.0. The van der Waals surface area contributed by atoms with Crippen molar-refractivity contribution in [2.45, 2.75) is 44.9 Å². The Hall–Kier alpha value is -2.66. The molecular weight excluding hydrogens is 398 g/mol. The van der Waals surface area contributed by atoms with Crippen LogP contribution in [0.5, 0.6) is 0 Å². The van der Waals surface area contributed by atoms with E-state index in [4.69, 9.17) is 16.1 Å². The molecule has 3 aromatic rings. The van der Waals surface area contributed by atoms with Crippen LogP contribution < -0.4 is 0 Å². The Labute approximate surface area is 182 Å². The van der Waals surface area contributed by atoms with Gasteiger partial charge in [-0.15, -0.1) is 0 Å². The second-order valence-electron chi connectivity index (χ2n) is 7.85. The molecule has 6 heteroatoms. The van der Waals surface area contributed by atoms with E-state index in [0.29, 0.717) is 23.3 Å². The quantitative estimate of drug-likeness (QED) is 0.506. The molecule has 156 valence electrons. The number of aromatic nitrogens is 2. The summed E-state index contributed by atoms with van der Waals surface area (Å²) in [4.78, 5) is 19.5. The lowest BCUT2D eigenvalue weighted by molar-refractivity contribution is 0.0695. The monoisotopic (exact) mass is 423 g/mol. The van der Waals surface area contributed by atoms with Gasteiger partial charge in [0.05, 0.1) is 5.92 Å². The molecule has 1 fully saturated rings. The van der Waals surface area contributed by atoms with Crippen LogP contribution in [0.3, 0.4) is 0 Å². The Bertz CT molecular complexity index is 982. The van der Waals surface area contributed by atoms with Gasteiger partial charge in [-0.3, -0.25) is 4.79 Å². The number of halogens is 1. The predicted molar refractivity (Wildman–Crippen MR) is 118 cm³/mol. The van der Waals surface area contributed by atoms with E-state index < -0.39 is 0 Å². The predicted octanol–water partition coefficient (Wildman–Crippen LogP) is 5.75. The zero-order chi connectivity index (χ0) is 20.9. The van der Waals surface area contributed by atoms with Crippen LogP contribution in [-0.2, 0) is 6.42 Å². The standard InChI is InChI=1S/C24H26ClN3O2/c1-2-3-5-17-7-9-19(10-8-17)24(29)28-15-4-6-20(16-28)23-26-22(27-30-23)18-11-13-21(25)14-12-18/h7-14,20H,2-6,15-16H2,1H3/t20-/m1/s1. The summed E-state index contributed by atoms with van der Waals surface area (Å²) < 4.78 is 5.54. The Morgan fingerprint density at radius 2 is 1.93 bits per heavy atom. The van der Waals surface area contributed by atoms with Crippen molar-refractivity contribution in [2.75, 3.05) is 13.1 Å². The Kier molecular flexibility index (Phi) is 6.48. The molecule has 1 saturated heterocycles. The highest BCUT2D eigenvalue weighted by Gasteiger charge is 2.29. The van der Waals surface area contributed by atoms with Crippen LogP contribution >= 0.6 is 11.6 Å². The molecular formula is C24H26ClN3O2. The third-order valence-electron chi connectivity index (χ3n) is 5.62. The average molecular weight is 424 g/mol. The normalized spacial score (nSPS) is 16.6. The number of hydrogen-bond donors (Lipinski definition) is 0. The molecule has 4 rings (SSSR count). The summed E-state index contributed by atoms with van der Waals surface area (Å²) in [6, 6.07) is 15.4. The van der Waals surface area contributed by atoms with E-state index in [1.54, 1.807) is 0 Å². The number of nitrogens with zero attached hydrogens (tertiary/aromatic N) is 3. The number of hydrogen-bond acceptors (Lipinski definition) is 4. The molecule has 2 heterocycles. The van der Waals surface area contributed by atoms with Crippen LogP contribution in [0.2, 0.25) is 5.02 Å². The molecule has 0 aliphatic carbocycles. The molecule has 0 N–H and O–H groups in total. The maximum atomic E-state index is 13.0. The number of unbranched alkanes of at least 4 members (excludes halogenated alkanes) is 1. The van der Waals surface area contributed by atoms with Gasteiger partial charge in [0.1, 0.15) is 0 Å². The molecule has 0 spiro atoms. The van der Waals surface area contributed by atoms with Crippen LogP contribution in [0.15, 0.2) is 53.1 Å². The maximum Gasteiger partial charge on any atom is 0.253 e. The summed E-state index contributed by atoms with van der Waals surface area (Å²) in [5, 5.41) is 4.79. The molecule has 1 aliphatic rings. The van der Waals surface area contributed by atoms with E-state index in [1.165, 1.54) is 18.4 Å². The van der Waals surface area contributed by atoms with Gasteiger partial charge in [-0.2, -0.15) is 4.98 Å². The lowest BCUT2D eigenvalue weighted by atomic mass is 9.97. The SMILES string of the molecule is CCCCc1ccc(C(=O)N2CCC[C@@H](c3nc(-c4ccc(Cl)cc4)no3)C2)cc1. The number of carbonyl (C=O) groups excluding carboxylic acids is 1. The number of aryl methyl sites for hydroxylation is 1. The first-order chi connectivity index (χ1) is 14.6. The van der Waals surface area contributed by atoms with Gasteiger partial charge in [0.25, 0.3) is 5.91 Å². The van der Waals surface area contributed by atoms with Gasteiger partial charge in [0, 0.05) is 29.2 Å². The molecule has 1 amide bonds. The third kappa shape index (κ3) is 4.73. The number of benzene rings is 2. The molecule has 2 aromatic carbocycles. The van der Waals surface area contributed by atoms with Crippen molar-refractivity contribution >= 4 is 17.5 Å². The lowest BCUT2D eigenvalue weighted by Gasteiger charge is -2.31. The fourth-order valence-electron chi connectivity index (χ4n) is 3.86. The summed E-state index contributed by atoms with van der Waals surface area (Å²) >= 11 is 5.95. The zero-order valence-corrected chi connectivity index (χ0v) is 17.9. The van der Waals surface area contributed by atoms with Crippen LogP contribution in [0.4, 0.5) is 0 Å². The summed E-state index contributed by atoms with van der Waals surface area (Å²) in [7, 11) is 0. The number of rotatable bonds is 6. The van der Waals surface area contributed by atoms with Gasteiger partial charge in [-0.1, -0.05) is 42.2 Å². The first kappa shape index (κ1) is 20.6. The largest absolute Gasteiger partial charge is 0.339 e. The van der Waals surface area contributed by atoms with Crippen molar-refractivity contribution in [3.63, 3.8) is 0 Å². The first-order valence-electron chi connectivity index (χ1n) is 10.6. The lowest BCUT2D eigenvalue weighted by Crippen LogP contribution is -2.39. The van der Waals surface area contributed by atoms with E-state index in [0.717, 1.165) is 36.9 Å². The molecule has 5 nitrogen and oxygen atoms in total. The molecule has 1 atom stereocenters. The minimum atomic E-state index is 0.0556. The van der Waals surface area contributed by atoms with Crippen LogP contribution in [0.25, 0.3) is 11.4 Å². The van der Waals surface area contributed by atoms with Gasteiger partial charge >= 0.3 is 0 Å². The van der Waals surface area contributed by atoms with Gasteiger partial charge < -0.3 is 9.42 Å².